The fourth-order valence-corrected chi connectivity index (χ4v) is 149. The van der Waals surface area contributed by atoms with Crippen molar-refractivity contribution in [1.29, 1.82) is 0 Å². The van der Waals surface area contributed by atoms with Gasteiger partial charge in [0.2, 0.25) is 0 Å². The molecule has 3 heteroatoms. The Bertz CT molecular complexity index is 1900. The number of fused-ring (bicyclic) bond motifs is 10. The number of rotatable bonds is 6. The van der Waals surface area contributed by atoms with E-state index in [1.165, 1.54) is 38.2 Å². The van der Waals surface area contributed by atoms with E-state index < -0.39 is 6.65 Å². The van der Waals surface area contributed by atoms with Crippen LogP contribution in [0.1, 0.15) is 0 Å². The summed E-state index contributed by atoms with van der Waals surface area (Å²) in [5, 5.41) is 6.87. The third-order valence-corrected chi connectivity index (χ3v) is 86.4. The minimum absolute atomic E-state index is 0.308. The predicted octanol–water partition coefficient (Wildman–Crippen LogP) is 7.46. The van der Waals surface area contributed by atoms with E-state index in [2.05, 4.69) is 121 Å². The van der Waals surface area contributed by atoms with Crippen LogP contribution in [-0.2, 0) is 6.65 Å². The van der Waals surface area contributed by atoms with Gasteiger partial charge in [-0.25, -0.2) is 0 Å². The Morgan fingerprint density at radius 1 is 0.378 bits per heavy atom. The first kappa shape index (κ1) is 17.8. The third-order valence-electron chi connectivity index (χ3n) is 21.5. The van der Waals surface area contributed by atoms with Crippen molar-refractivity contribution in [2.24, 2.45) is 0 Å². The summed E-state index contributed by atoms with van der Waals surface area (Å²) in [6.07, 6.45) is 0. The van der Waals surface area contributed by atoms with Crippen LogP contribution in [0, 0.1) is 0 Å². The van der Waals surface area contributed by atoms with Crippen molar-refractivity contribution in [3.8, 4) is 0 Å². The number of hydrogen-bond donors (Lipinski definition) is 0. The first-order chi connectivity index (χ1) is 18.1. The van der Waals surface area contributed by atoms with Gasteiger partial charge in [-0.3, -0.25) is 0 Å². The molecule has 10 fully saturated rings. The van der Waals surface area contributed by atoms with E-state index in [0.717, 1.165) is 8.04 Å². The molecule has 4 aromatic rings. The van der Waals surface area contributed by atoms with Crippen molar-refractivity contribution in [2.45, 2.75) is 46.3 Å². The van der Waals surface area contributed by atoms with Crippen molar-refractivity contribution in [2.75, 3.05) is 0 Å². The maximum atomic E-state index is 2.55. The maximum absolute atomic E-state index is 4.05. The standard InChI is InChI=1S/C29H23P2.C5H5.Cr/c1-5-14-24(15-6-1)30(25-16-7-2-8-17-25)28-22-13-23-29(28)31(26-18-9-3-10-19-26)27-20-11-4-12-21-27;1-2-4-5-3-1;/h1-23H;1-5H;. The normalized spacial score (nSPS) is 63.1. The monoisotopic (exact) mass is 550 g/mol. The fraction of sp³-hybridized carbons (Fsp3) is 0.294. The summed E-state index contributed by atoms with van der Waals surface area (Å²) in [6, 6.07) is 48.2. The van der Waals surface area contributed by atoms with Crippen molar-refractivity contribution >= 4 is 37.1 Å². The van der Waals surface area contributed by atoms with Crippen LogP contribution in [0.2, 0.25) is 38.2 Å². The molecule has 37 heavy (non-hydrogen) atoms. The van der Waals surface area contributed by atoms with Gasteiger partial charge in [0.15, 0.2) is 0 Å². The molecule has 10 saturated heterocycles. The van der Waals surface area contributed by atoms with Crippen molar-refractivity contribution in [1.82, 2.24) is 0 Å². The zero-order valence-electron chi connectivity index (χ0n) is 20.5. The number of hydrogen-bond acceptors (Lipinski definition) is 0. The molecule has 4 atom stereocenters. The molecular weight excluding hydrogens is 522 g/mol. The molecule has 10 heterocycles. The summed E-state index contributed by atoms with van der Waals surface area (Å²) in [4.78, 5) is 0. The van der Waals surface area contributed by atoms with Crippen LogP contribution in [-0.4, -0.2) is 8.04 Å². The molecule has 4 unspecified atom stereocenters. The summed E-state index contributed by atoms with van der Waals surface area (Å²) < 4.78 is 11.8. The Morgan fingerprint density at radius 3 is 0.865 bits per heavy atom. The quantitative estimate of drug-likeness (QED) is 0.219. The molecule has 0 amide bonds. The fourth-order valence-electron chi connectivity index (χ4n) is 23.8. The predicted molar refractivity (Wildman–Crippen MR) is 154 cm³/mol. The van der Waals surface area contributed by atoms with Gasteiger partial charge >= 0.3 is 211 Å². The Hall–Kier alpha value is -1.73. The molecule has 0 saturated carbocycles. The molecule has 14 rings (SSSR count). The van der Waals surface area contributed by atoms with Crippen LogP contribution >= 0.6 is 15.8 Å². The van der Waals surface area contributed by atoms with Crippen LogP contribution in [0.3, 0.4) is 0 Å². The van der Waals surface area contributed by atoms with E-state index in [9.17, 15) is 0 Å². The average molecular weight is 551 g/mol. The van der Waals surface area contributed by atoms with E-state index in [-0.39, 0.29) is 15.8 Å². The summed E-state index contributed by atoms with van der Waals surface area (Å²) in [5.74, 6) is 0. The molecule has 4 aromatic carbocycles. The van der Waals surface area contributed by atoms with Gasteiger partial charge in [0, 0.05) is 0 Å². The zero-order valence-corrected chi connectivity index (χ0v) is 23.5. The van der Waals surface area contributed by atoms with Gasteiger partial charge in [-0.15, -0.1) is 0 Å². The van der Waals surface area contributed by atoms with E-state index in [4.69, 9.17) is 0 Å². The average Bonchev–Trinajstić information content (AvgIpc) is 3.92. The second-order valence-electron chi connectivity index (χ2n) is 16.8. The molecule has 0 nitrogen and oxygen atoms in total. The van der Waals surface area contributed by atoms with E-state index in [1.807, 2.05) is 0 Å². The molecule has 1 spiro atoms. The van der Waals surface area contributed by atoms with Crippen LogP contribution in [0.25, 0.3) is 0 Å². The third kappa shape index (κ3) is 0.439. The molecule has 0 radical (unpaired) electrons. The topological polar surface area (TPSA) is 0 Å². The summed E-state index contributed by atoms with van der Waals surface area (Å²) >= 11 is 0. The van der Waals surface area contributed by atoms with E-state index in [0.29, 0.717) is 0 Å². The van der Waals surface area contributed by atoms with E-state index in [1.54, 1.807) is 21.2 Å². The molecule has 0 N–H and O–H groups in total. The molecule has 10 aliphatic rings. The van der Waals surface area contributed by atoms with Crippen LogP contribution in [0.4, 0.5) is 0 Å². The molecule has 180 valence electrons. The Morgan fingerprint density at radius 2 is 0.649 bits per heavy atom. The molecule has 0 bridgehead atoms. The van der Waals surface area contributed by atoms with Gasteiger partial charge in [-0.1, -0.05) is 0 Å². The van der Waals surface area contributed by atoms with Crippen LogP contribution in [0.15, 0.2) is 121 Å². The van der Waals surface area contributed by atoms with Crippen molar-refractivity contribution in [3.05, 3.63) is 121 Å². The number of benzene rings is 4. The van der Waals surface area contributed by atoms with Crippen LogP contribution in [0.5, 0.6) is 0 Å². The SMILES string of the molecule is c1ccc(P(c2ccccc2)[C]23[CH]4[CH]5[CH]6[C]2(P(c2ccccc2)c2ccccc2)[Cr]54632789[CH]3[CH]2[CH]7[CH]8[CH]39)cc1. The molecule has 10 aliphatic heterocycles. The first-order valence-corrected chi connectivity index (χ1v) is 24.3. The Labute approximate surface area is 210 Å². The molecule has 0 aromatic heterocycles. The zero-order chi connectivity index (χ0) is 23.5. The van der Waals surface area contributed by atoms with Gasteiger partial charge in [-0.2, -0.15) is 0 Å². The van der Waals surface area contributed by atoms with Crippen LogP contribution < -0.4 is 21.2 Å². The van der Waals surface area contributed by atoms with Crippen molar-refractivity contribution in [3.63, 3.8) is 0 Å². The van der Waals surface area contributed by atoms with Gasteiger partial charge in [-0.05, 0) is 0 Å². The second-order valence-corrected chi connectivity index (χ2v) is 49.4. The Balaban J connectivity index is 1.17. The summed E-state index contributed by atoms with van der Waals surface area (Å²) in [7, 11) is -0.617. The minimum atomic E-state index is -4.05. The van der Waals surface area contributed by atoms with Crippen molar-refractivity contribution < 1.29 is 6.65 Å². The first-order valence-electron chi connectivity index (χ1n) is 14.4. The van der Waals surface area contributed by atoms with Gasteiger partial charge < -0.3 is 0 Å². The van der Waals surface area contributed by atoms with Gasteiger partial charge in [0.05, 0.1) is 0 Å². The van der Waals surface area contributed by atoms with Gasteiger partial charge in [0.1, 0.15) is 0 Å². The molecule has 0 aliphatic carbocycles. The second kappa shape index (κ2) is 2.76. The van der Waals surface area contributed by atoms with Gasteiger partial charge in [0.25, 0.3) is 0 Å². The summed E-state index contributed by atoms with van der Waals surface area (Å²) in [6.45, 7) is -4.05. The molecular formula is C34H28CrP2. The Kier molecular flexibility index (Phi) is 1.33. The summed E-state index contributed by atoms with van der Waals surface area (Å²) in [5.41, 5.74) is 0. The van der Waals surface area contributed by atoms with E-state index >= 15 is 0 Å².